The molecule has 2 heterocycles. The van der Waals surface area contributed by atoms with Crippen LogP contribution in [0.25, 0.3) is 10.9 Å². The minimum absolute atomic E-state index is 0.279. The molecule has 1 aromatic heterocycles. The maximum absolute atomic E-state index is 13.6. The number of H-pyrrole nitrogens is 1. The second-order valence-corrected chi connectivity index (χ2v) is 6.26. The lowest BCUT2D eigenvalue weighted by Crippen LogP contribution is -2.34. The first-order valence-corrected chi connectivity index (χ1v) is 7.74. The molecule has 1 aliphatic heterocycles. The molecule has 0 saturated carbocycles. The Balaban J connectivity index is 2.28. The molecular weight excluding hydrogens is 329 g/mol. The van der Waals surface area contributed by atoms with E-state index in [1.54, 1.807) is 26.0 Å². The summed E-state index contributed by atoms with van der Waals surface area (Å²) in [5, 5.41) is 17.4. The summed E-state index contributed by atoms with van der Waals surface area (Å²) in [7, 11) is 1.35. The van der Waals surface area contributed by atoms with Crippen LogP contribution in [0.2, 0.25) is 0 Å². The summed E-state index contributed by atoms with van der Waals surface area (Å²) in [5.74, 6) is -0.725. The summed E-state index contributed by atoms with van der Waals surface area (Å²) in [6.07, 6.45) is -4.60. The first-order chi connectivity index (χ1) is 11.7. The fraction of sp³-hybridized carbons (Fsp3) is 0.333. The molecule has 25 heavy (non-hydrogen) atoms. The number of aromatic nitrogens is 2. The van der Waals surface area contributed by atoms with E-state index in [4.69, 9.17) is 0 Å². The number of hydrogen-bond donors (Lipinski definition) is 1. The Bertz CT molecular complexity index is 957. The number of nitrogens with one attached hydrogen (secondary N) is 1. The number of benzene rings is 1. The van der Waals surface area contributed by atoms with Gasteiger partial charge < -0.3 is 4.90 Å². The van der Waals surface area contributed by atoms with E-state index in [0.717, 1.165) is 27.1 Å². The predicted molar refractivity (Wildman–Crippen MR) is 88.4 cm³/mol. The molecule has 130 valence electrons. The highest BCUT2D eigenvalue weighted by molar-refractivity contribution is 5.82. The van der Waals surface area contributed by atoms with Gasteiger partial charge in [0.1, 0.15) is 5.70 Å². The summed E-state index contributed by atoms with van der Waals surface area (Å²) in [6.45, 7) is 5.27. The third-order valence-corrected chi connectivity index (χ3v) is 4.88. The van der Waals surface area contributed by atoms with Crippen LogP contribution in [-0.4, -0.2) is 28.3 Å². The molecule has 0 bridgehead atoms. The molecule has 0 aliphatic carbocycles. The quantitative estimate of drug-likeness (QED) is 0.825. The van der Waals surface area contributed by atoms with E-state index in [1.807, 2.05) is 19.1 Å². The van der Waals surface area contributed by atoms with Gasteiger partial charge in [-0.3, -0.25) is 5.10 Å². The van der Waals surface area contributed by atoms with E-state index in [2.05, 4.69) is 10.2 Å². The standard InChI is InChI=1S/C18H17F3N4/c1-9-11(3)25(4)17(18(19,20)21)14(8-22)16(9)12-5-6-15-13(7-12)10(2)23-24-15/h5-7,16H,1-4H3,(H,23,24). The van der Waals surface area contributed by atoms with E-state index >= 15 is 0 Å². The van der Waals surface area contributed by atoms with E-state index in [-0.39, 0.29) is 5.57 Å². The van der Waals surface area contributed by atoms with Crippen LogP contribution in [0, 0.1) is 18.3 Å². The molecule has 4 nitrogen and oxygen atoms in total. The predicted octanol–water partition coefficient (Wildman–Crippen LogP) is 4.53. The Morgan fingerprint density at radius 1 is 1.24 bits per heavy atom. The third kappa shape index (κ3) is 2.58. The third-order valence-electron chi connectivity index (χ3n) is 4.88. The number of hydrogen-bond acceptors (Lipinski definition) is 3. The number of alkyl halides is 3. The van der Waals surface area contributed by atoms with Gasteiger partial charge >= 0.3 is 6.18 Å². The van der Waals surface area contributed by atoms with Crippen LogP contribution in [0.1, 0.15) is 31.0 Å². The summed E-state index contributed by atoms with van der Waals surface area (Å²) < 4.78 is 40.8. The first kappa shape index (κ1) is 17.1. The molecule has 0 spiro atoms. The van der Waals surface area contributed by atoms with E-state index < -0.39 is 17.8 Å². The Labute approximate surface area is 143 Å². The number of aromatic amines is 1. The smallest absolute Gasteiger partial charge is 0.344 e. The highest BCUT2D eigenvalue weighted by atomic mass is 19.4. The van der Waals surface area contributed by atoms with Gasteiger partial charge in [-0.15, -0.1) is 0 Å². The number of halogens is 3. The summed E-state index contributed by atoms with van der Waals surface area (Å²) in [4.78, 5) is 1.06. The summed E-state index contributed by atoms with van der Waals surface area (Å²) in [6, 6.07) is 7.12. The molecular formula is C18H17F3N4. The first-order valence-electron chi connectivity index (χ1n) is 7.74. The van der Waals surface area contributed by atoms with Gasteiger partial charge in [0.05, 0.1) is 17.2 Å². The summed E-state index contributed by atoms with van der Waals surface area (Å²) in [5.41, 5.74) is 2.28. The van der Waals surface area contributed by atoms with Gasteiger partial charge in [-0.25, -0.2) is 0 Å². The molecule has 7 heteroatoms. The van der Waals surface area contributed by atoms with E-state index in [9.17, 15) is 18.4 Å². The van der Waals surface area contributed by atoms with Gasteiger partial charge in [0.25, 0.3) is 0 Å². The van der Waals surface area contributed by atoms with Crippen molar-refractivity contribution in [3.63, 3.8) is 0 Å². The number of nitriles is 1. The van der Waals surface area contributed by atoms with Crippen LogP contribution in [0.4, 0.5) is 13.2 Å². The lowest BCUT2D eigenvalue weighted by molar-refractivity contribution is -0.108. The SMILES string of the molecule is CC1=C(C)N(C)C(C(F)(F)F)=C(C#N)C1c1ccc2n[nH]c(C)c2c1. The van der Waals surface area contributed by atoms with Crippen molar-refractivity contribution in [2.24, 2.45) is 0 Å². The van der Waals surface area contributed by atoms with E-state index in [1.165, 1.54) is 7.05 Å². The maximum atomic E-state index is 13.6. The average molecular weight is 346 g/mol. The van der Waals surface area contributed by atoms with Crippen molar-refractivity contribution in [1.29, 1.82) is 5.26 Å². The minimum atomic E-state index is -4.60. The molecule has 1 aliphatic rings. The zero-order chi connectivity index (χ0) is 18.5. The zero-order valence-electron chi connectivity index (χ0n) is 14.3. The van der Waals surface area contributed by atoms with Gasteiger partial charge in [0.2, 0.25) is 0 Å². The fourth-order valence-corrected chi connectivity index (χ4v) is 3.39. The number of fused-ring (bicyclic) bond motifs is 1. The highest BCUT2D eigenvalue weighted by Gasteiger charge is 2.45. The fourth-order valence-electron chi connectivity index (χ4n) is 3.39. The Morgan fingerprint density at radius 2 is 1.92 bits per heavy atom. The topological polar surface area (TPSA) is 55.7 Å². The largest absolute Gasteiger partial charge is 0.432 e. The van der Waals surface area contributed by atoms with Gasteiger partial charge in [-0.05, 0) is 44.0 Å². The Kier molecular flexibility index (Phi) is 3.87. The van der Waals surface area contributed by atoms with Crippen molar-refractivity contribution < 1.29 is 13.2 Å². The van der Waals surface area contributed by atoms with Crippen molar-refractivity contribution in [2.45, 2.75) is 32.9 Å². The minimum Gasteiger partial charge on any atom is -0.344 e. The van der Waals surface area contributed by atoms with E-state index in [0.29, 0.717) is 11.3 Å². The molecule has 0 fully saturated rings. The monoisotopic (exact) mass is 346 g/mol. The summed E-state index contributed by atoms with van der Waals surface area (Å²) >= 11 is 0. The molecule has 0 radical (unpaired) electrons. The second kappa shape index (κ2) is 5.66. The van der Waals surface area contributed by atoms with Gasteiger partial charge in [0.15, 0.2) is 0 Å². The van der Waals surface area contributed by atoms with Crippen LogP contribution in [-0.2, 0) is 0 Å². The normalized spacial score (nSPS) is 19.0. The van der Waals surface area contributed by atoms with Crippen LogP contribution in [0.15, 0.2) is 40.7 Å². The highest BCUT2D eigenvalue weighted by Crippen LogP contribution is 2.45. The van der Waals surface area contributed by atoms with Crippen LogP contribution < -0.4 is 0 Å². The Morgan fingerprint density at radius 3 is 2.52 bits per heavy atom. The number of allylic oxidation sites excluding steroid dienone is 4. The van der Waals surface area contributed by atoms with Crippen molar-refractivity contribution in [2.75, 3.05) is 7.05 Å². The van der Waals surface area contributed by atoms with Crippen molar-refractivity contribution in [3.05, 3.63) is 52.0 Å². The Hall–Kier alpha value is -2.75. The molecule has 1 aromatic carbocycles. The maximum Gasteiger partial charge on any atom is 0.432 e. The van der Waals surface area contributed by atoms with Crippen molar-refractivity contribution >= 4 is 10.9 Å². The molecule has 0 amide bonds. The van der Waals surface area contributed by atoms with Crippen molar-refractivity contribution in [3.8, 4) is 6.07 Å². The molecule has 1 unspecified atom stereocenters. The molecule has 1 N–H and O–H groups in total. The molecule has 0 saturated heterocycles. The van der Waals surface area contributed by atoms with Crippen LogP contribution >= 0.6 is 0 Å². The number of rotatable bonds is 1. The van der Waals surface area contributed by atoms with Gasteiger partial charge in [0, 0.05) is 29.7 Å². The van der Waals surface area contributed by atoms with Crippen molar-refractivity contribution in [1.82, 2.24) is 15.1 Å². The van der Waals surface area contributed by atoms with Gasteiger partial charge in [-0.2, -0.15) is 23.5 Å². The second-order valence-electron chi connectivity index (χ2n) is 6.26. The molecule has 3 rings (SSSR count). The number of nitrogens with zero attached hydrogens (tertiary/aromatic N) is 3. The van der Waals surface area contributed by atoms with Crippen LogP contribution in [0.3, 0.4) is 0 Å². The zero-order valence-corrected chi connectivity index (χ0v) is 14.3. The number of aryl methyl sites for hydroxylation is 1. The molecule has 2 aromatic rings. The lowest BCUT2D eigenvalue weighted by atomic mass is 9.80. The average Bonchev–Trinajstić information content (AvgIpc) is 2.91. The lowest BCUT2D eigenvalue weighted by Gasteiger charge is -2.36. The molecule has 1 atom stereocenters. The van der Waals surface area contributed by atoms with Crippen LogP contribution in [0.5, 0.6) is 0 Å². The van der Waals surface area contributed by atoms with Gasteiger partial charge in [-0.1, -0.05) is 6.07 Å².